The summed E-state index contributed by atoms with van der Waals surface area (Å²) in [7, 11) is 1.62. The topological polar surface area (TPSA) is 55.6 Å². The first-order valence-corrected chi connectivity index (χ1v) is 7.46. The fourth-order valence-electron chi connectivity index (χ4n) is 1.60. The molecule has 0 fully saturated rings. The zero-order chi connectivity index (χ0) is 14.3. The van der Waals surface area contributed by atoms with E-state index in [4.69, 9.17) is 22.7 Å². The van der Waals surface area contributed by atoms with Crippen LogP contribution in [-0.4, -0.2) is 42.6 Å². The standard InChI is InChI=1S/C13H20N2O2S2/c1-3-10-4-5-11(19-10)13(16)15(8-9-17-2)7-6-12(14)18/h4-5H,3,6-9H2,1-2H3,(H2,14,18). The van der Waals surface area contributed by atoms with Crippen LogP contribution in [0.1, 0.15) is 27.9 Å². The molecule has 6 heteroatoms. The summed E-state index contributed by atoms with van der Waals surface area (Å²) in [4.78, 5) is 16.5. The molecule has 1 aromatic rings. The number of nitrogens with two attached hydrogens (primary N) is 1. The van der Waals surface area contributed by atoms with Crippen LogP contribution >= 0.6 is 23.6 Å². The molecule has 0 aliphatic heterocycles. The summed E-state index contributed by atoms with van der Waals surface area (Å²) < 4.78 is 5.04. The SMILES string of the molecule is CCc1ccc(C(=O)N(CCOC)CCC(N)=S)s1. The Labute approximate surface area is 123 Å². The second-order valence-electron chi connectivity index (χ2n) is 4.12. The molecule has 2 N–H and O–H groups in total. The molecule has 1 heterocycles. The van der Waals surface area contributed by atoms with Crippen molar-refractivity contribution in [2.75, 3.05) is 26.8 Å². The number of ether oxygens (including phenoxy) is 1. The lowest BCUT2D eigenvalue weighted by Crippen LogP contribution is -2.35. The Morgan fingerprint density at radius 1 is 1.47 bits per heavy atom. The van der Waals surface area contributed by atoms with Gasteiger partial charge in [0.15, 0.2) is 0 Å². The van der Waals surface area contributed by atoms with Crippen LogP contribution in [0.15, 0.2) is 12.1 Å². The second kappa shape index (κ2) is 8.24. The first-order valence-electron chi connectivity index (χ1n) is 6.23. The first kappa shape index (κ1) is 16.1. The van der Waals surface area contributed by atoms with Gasteiger partial charge in [-0.15, -0.1) is 11.3 Å². The first-order chi connectivity index (χ1) is 9.08. The summed E-state index contributed by atoms with van der Waals surface area (Å²) >= 11 is 6.40. The minimum Gasteiger partial charge on any atom is -0.393 e. The van der Waals surface area contributed by atoms with Gasteiger partial charge in [-0.2, -0.15) is 0 Å². The molecule has 1 rings (SSSR count). The van der Waals surface area contributed by atoms with E-state index in [9.17, 15) is 4.79 Å². The van der Waals surface area contributed by atoms with Gasteiger partial charge in [-0.05, 0) is 18.6 Å². The quantitative estimate of drug-likeness (QED) is 0.747. The Morgan fingerprint density at radius 2 is 2.21 bits per heavy atom. The van der Waals surface area contributed by atoms with Crippen LogP contribution in [0.2, 0.25) is 0 Å². The summed E-state index contributed by atoms with van der Waals surface area (Å²) in [6.45, 7) is 3.68. The van der Waals surface area contributed by atoms with Crippen LogP contribution in [0.5, 0.6) is 0 Å². The highest BCUT2D eigenvalue weighted by atomic mass is 32.1. The molecule has 0 unspecified atom stereocenters. The molecule has 0 bridgehead atoms. The third-order valence-corrected chi connectivity index (χ3v) is 4.12. The summed E-state index contributed by atoms with van der Waals surface area (Å²) in [6, 6.07) is 3.88. The average molecular weight is 300 g/mol. The Bertz CT molecular complexity index is 432. The number of aryl methyl sites for hydroxylation is 1. The lowest BCUT2D eigenvalue weighted by molar-refractivity contribution is 0.0706. The van der Waals surface area contributed by atoms with Crippen molar-refractivity contribution in [1.82, 2.24) is 4.90 Å². The third kappa shape index (κ3) is 5.26. The molecule has 19 heavy (non-hydrogen) atoms. The summed E-state index contributed by atoms with van der Waals surface area (Å²) in [5.41, 5.74) is 5.50. The van der Waals surface area contributed by atoms with E-state index in [-0.39, 0.29) is 5.91 Å². The van der Waals surface area contributed by atoms with Gasteiger partial charge in [0, 0.05) is 31.5 Å². The molecule has 0 aromatic carbocycles. The predicted molar refractivity (Wildman–Crippen MR) is 82.9 cm³/mol. The number of rotatable bonds is 8. The van der Waals surface area contributed by atoms with Crippen LogP contribution in [0.3, 0.4) is 0 Å². The highest BCUT2D eigenvalue weighted by Gasteiger charge is 2.17. The Balaban J connectivity index is 2.71. The van der Waals surface area contributed by atoms with Gasteiger partial charge in [0.05, 0.1) is 16.5 Å². The van der Waals surface area contributed by atoms with Gasteiger partial charge < -0.3 is 15.4 Å². The van der Waals surface area contributed by atoms with Crippen LogP contribution in [0, 0.1) is 0 Å². The van der Waals surface area contributed by atoms with Crippen LogP contribution in [0.4, 0.5) is 0 Å². The zero-order valence-corrected chi connectivity index (χ0v) is 13.0. The average Bonchev–Trinajstić information content (AvgIpc) is 2.86. The van der Waals surface area contributed by atoms with Crippen molar-refractivity contribution in [2.45, 2.75) is 19.8 Å². The molecule has 1 amide bonds. The number of hydrogen-bond acceptors (Lipinski definition) is 4. The van der Waals surface area contributed by atoms with E-state index in [1.54, 1.807) is 23.3 Å². The van der Waals surface area contributed by atoms with Gasteiger partial charge in [-0.1, -0.05) is 19.1 Å². The molecule has 0 radical (unpaired) electrons. The molecule has 0 aliphatic carbocycles. The number of carbonyl (C=O) groups is 1. The van der Waals surface area contributed by atoms with Crippen molar-refractivity contribution in [3.05, 3.63) is 21.9 Å². The van der Waals surface area contributed by atoms with Crippen molar-refractivity contribution < 1.29 is 9.53 Å². The number of amides is 1. The van der Waals surface area contributed by atoms with Crippen LogP contribution < -0.4 is 5.73 Å². The van der Waals surface area contributed by atoms with E-state index in [0.717, 1.165) is 11.3 Å². The summed E-state index contributed by atoms with van der Waals surface area (Å²) in [5, 5.41) is 0. The van der Waals surface area contributed by atoms with E-state index in [1.807, 2.05) is 12.1 Å². The largest absolute Gasteiger partial charge is 0.393 e. The number of carbonyl (C=O) groups excluding carboxylic acids is 1. The smallest absolute Gasteiger partial charge is 0.264 e. The predicted octanol–water partition coefficient (Wildman–Crippen LogP) is 2.08. The van der Waals surface area contributed by atoms with Crippen LogP contribution in [-0.2, 0) is 11.2 Å². The molecule has 106 valence electrons. The van der Waals surface area contributed by atoms with Gasteiger partial charge in [0.1, 0.15) is 0 Å². The van der Waals surface area contributed by atoms with Crippen molar-refractivity contribution in [1.29, 1.82) is 0 Å². The zero-order valence-electron chi connectivity index (χ0n) is 11.3. The van der Waals surface area contributed by atoms with E-state index >= 15 is 0 Å². The fourth-order valence-corrected chi connectivity index (χ4v) is 2.61. The number of methoxy groups -OCH3 is 1. The van der Waals surface area contributed by atoms with Crippen molar-refractivity contribution in [3.8, 4) is 0 Å². The maximum atomic E-state index is 12.4. The van der Waals surface area contributed by atoms with E-state index in [0.29, 0.717) is 31.1 Å². The molecule has 0 saturated carbocycles. The molecule has 1 aromatic heterocycles. The van der Waals surface area contributed by atoms with E-state index in [2.05, 4.69) is 6.92 Å². The van der Waals surface area contributed by atoms with Gasteiger partial charge in [-0.3, -0.25) is 4.79 Å². The fraction of sp³-hybridized carbons (Fsp3) is 0.538. The van der Waals surface area contributed by atoms with Gasteiger partial charge in [0.25, 0.3) is 5.91 Å². The number of thiophene rings is 1. The van der Waals surface area contributed by atoms with Gasteiger partial charge >= 0.3 is 0 Å². The summed E-state index contributed by atoms with van der Waals surface area (Å²) in [5.74, 6) is 0.0259. The number of hydrogen-bond donors (Lipinski definition) is 1. The molecule has 0 saturated heterocycles. The number of thiocarbonyl (C=S) groups is 1. The van der Waals surface area contributed by atoms with E-state index < -0.39 is 0 Å². The van der Waals surface area contributed by atoms with Gasteiger partial charge in [0.2, 0.25) is 0 Å². The van der Waals surface area contributed by atoms with Crippen molar-refractivity contribution >= 4 is 34.5 Å². The van der Waals surface area contributed by atoms with E-state index in [1.165, 1.54) is 4.88 Å². The Kier molecular flexibility index (Phi) is 6.97. The molecular weight excluding hydrogens is 280 g/mol. The molecule has 4 nitrogen and oxygen atoms in total. The molecule has 0 spiro atoms. The third-order valence-electron chi connectivity index (χ3n) is 2.70. The molecule has 0 aliphatic rings. The Hall–Kier alpha value is -0.980. The highest BCUT2D eigenvalue weighted by molar-refractivity contribution is 7.80. The highest BCUT2D eigenvalue weighted by Crippen LogP contribution is 2.19. The maximum Gasteiger partial charge on any atom is 0.264 e. The van der Waals surface area contributed by atoms with Crippen molar-refractivity contribution in [3.63, 3.8) is 0 Å². The molecular formula is C13H20N2O2S2. The lowest BCUT2D eigenvalue weighted by atomic mass is 10.3. The van der Waals surface area contributed by atoms with Crippen molar-refractivity contribution in [2.24, 2.45) is 5.73 Å². The van der Waals surface area contributed by atoms with Crippen LogP contribution in [0.25, 0.3) is 0 Å². The monoisotopic (exact) mass is 300 g/mol. The second-order valence-corrected chi connectivity index (χ2v) is 5.81. The summed E-state index contributed by atoms with van der Waals surface area (Å²) in [6.07, 6.45) is 1.49. The minimum atomic E-state index is 0.0259. The molecule has 0 atom stereocenters. The number of nitrogens with zero attached hydrogens (tertiary/aromatic N) is 1. The van der Waals surface area contributed by atoms with Gasteiger partial charge in [-0.25, -0.2) is 0 Å². The Morgan fingerprint density at radius 3 is 2.74 bits per heavy atom. The minimum absolute atomic E-state index is 0.0259. The lowest BCUT2D eigenvalue weighted by Gasteiger charge is -2.21. The normalized spacial score (nSPS) is 10.4. The maximum absolute atomic E-state index is 12.4.